The minimum absolute atomic E-state index is 0.275. The molecule has 7 heteroatoms. The molecule has 5 rings (SSSR count). The fourth-order valence-electron chi connectivity index (χ4n) is 3.92. The molecule has 0 radical (unpaired) electrons. The Kier molecular flexibility index (Phi) is 5.67. The largest absolute Gasteiger partial charge is 0.319 e. The number of rotatable bonds is 6. The van der Waals surface area contributed by atoms with E-state index >= 15 is 0 Å². The van der Waals surface area contributed by atoms with Gasteiger partial charge in [-0.1, -0.05) is 48.9 Å². The second kappa shape index (κ2) is 8.92. The highest BCUT2D eigenvalue weighted by atomic mass is 35.5. The van der Waals surface area contributed by atoms with E-state index in [-0.39, 0.29) is 5.91 Å². The van der Waals surface area contributed by atoms with Gasteiger partial charge < -0.3 is 14.5 Å². The number of hydrogen-bond donors (Lipinski definition) is 1. The van der Waals surface area contributed by atoms with Crippen molar-refractivity contribution in [1.82, 2.24) is 19.1 Å². The molecule has 3 aromatic carbocycles. The van der Waals surface area contributed by atoms with Crippen LogP contribution in [-0.4, -0.2) is 25.0 Å². The third-order valence-corrected chi connectivity index (χ3v) is 5.77. The average Bonchev–Trinajstić information content (AvgIpc) is 3.45. The van der Waals surface area contributed by atoms with Crippen LogP contribution in [0.4, 0.5) is 5.69 Å². The number of benzene rings is 3. The number of carbonyl (C=O) groups is 1. The van der Waals surface area contributed by atoms with Crippen molar-refractivity contribution in [3.63, 3.8) is 0 Å². The summed E-state index contributed by atoms with van der Waals surface area (Å²) in [7, 11) is 0. The van der Waals surface area contributed by atoms with Crippen LogP contribution in [0.3, 0.4) is 0 Å². The van der Waals surface area contributed by atoms with E-state index in [9.17, 15) is 4.79 Å². The smallest absolute Gasteiger partial charge is 0.291 e. The van der Waals surface area contributed by atoms with Crippen LogP contribution < -0.4 is 5.32 Å². The number of nitrogens with zero attached hydrogens (tertiary/aromatic N) is 4. The molecule has 1 amide bonds. The minimum atomic E-state index is -0.275. The van der Waals surface area contributed by atoms with E-state index in [2.05, 4.69) is 22.2 Å². The number of carbonyl (C=O) groups excluding carboxylic acids is 1. The number of halogens is 1. The maximum atomic E-state index is 13.3. The normalized spacial score (nSPS) is 11.1. The van der Waals surface area contributed by atoms with Gasteiger partial charge in [-0.05, 0) is 48.0 Å². The van der Waals surface area contributed by atoms with Crippen molar-refractivity contribution in [2.24, 2.45) is 0 Å². The Labute approximate surface area is 196 Å². The summed E-state index contributed by atoms with van der Waals surface area (Å²) in [5.74, 6) is 1.05. The van der Waals surface area contributed by atoms with Crippen LogP contribution in [0.15, 0.2) is 85.2 Å². The lowest BCUT2D eigenvalue weighted by Crippen LogP contribution is -2.18. The van der Waals surface area contributed by atoms with Crippen LogP contribution in [0.2, 0.25) is 5.02 Å². The monoisotopic (exact) mass is 455 g/mol. The van der Waals surface area contributed by atoms with Crippen LogP contribution in [-0.2, 0) is 13.0 Å². The molecule has 0 aliphatic carbocycles. The van der Waals surface area contributed by atoms with E-state index < -0.39 is 0 Å². The topological polar surface area (TPSA) is 64.7 Å². The van der Waals surface area contributed by atoms with Crippen LogP contribution in [0.25, 0.3) is 16.7 Å². The van der Waals surface area contributed by atoms with E-state index in [0.717, 1.165) is 34.5 Å². The lowest BCUT2D eigenvalue weighted by molar-refractivity contribution is 0.101. The lowest BCUT2D eigenvalue weighted by atomic mass is 10.2. The molecule has 0 unspecified atom stereocenters. The zero-order valence-corrected chi connectivity index (χ0v) is 18.8. The third kappa shape index (κ3) is 4.25. The van der Waals surface area contributed by atoms with Gasteiger partial charge in [0.15, 0.2) is 0 Å². The quantitative estimate of drug-likeness (QED) is 0.355. The van der Waals surface area contributed by atoms with Gasteiger partial charge in [0.2, 0.25) is 5.82 Å². The summed E-state index contributed by atoms with van der Waals surface area (Å²) in [5, 5.41) is 3.58. The first-order valence-corrected chi connectivity index (χ1v) is 11.1. The van der Waals surface area contributed by atoms with Gasteiger partial charge in [0.05, 0.1) is 11.0 Å². The SMILES string of the molecule is CCc1nccn1-c1ccc(NC(=O)c2nc3ccc(Cl)cc3n2Cc2ccccc2)cc1. The number of aryl methyl sites for hydroxylation is 1. The van der Waals surface area contributed by atoms with Crippen molar-refractivity contribution in [1.29, 1.82) is 0 Å². The summed E-state index contributed by atoms with van der Waals surface area (Å²) in [4.78, 5) is 22.2. The maximum absolute atomic E-state index is 13.3. The summed E-state index contributed by atoms with van der Waals surface area (Å²) in [6, 6.07) is 23.1. The first kappa shape index (κ1) is 21.0. The second-order valence-electron chi connectivity index (χ2n) is 7.71. The first-order chi connectivity index (χ1) is 16.1. The molecule has 5 aromatic rings. The van der Waals surface area contributed by atoms with Gasteiger partial charge in [0.1, 0.15) is 5.82 Å². The van der Waals surface area contributed by atoms with Gasteiger partial charge >= 0.3 is 0 Å². The Morgan fingerprint density at radius 3 is 2.58 bits per heavy atom. The molecule has 0 saturated carbocycles. The molecule has 0 fully saturated rings. The average molecular weight is 456 g/mol. The number of amides is 1. The second-order valence-corrected chi connectivity index (χ2v) is 8.14. The molecule has 0 saturated heterocycles. The van der Waals surface area contributed by atoms with E-state index in [4.69, 9.17) is 11.6 Å². The van der Waals surface area contributed by atoms with E-state index in [1.54, 1.807) is 12.3 Å². The molecular weight excluding hydrogens is 434 g/mol. The zero-order valence-electron chi connectivity index (χ0n) is 18.1. The fourth-order valence-corrected chi connectivity index (χ4v) is 4.08. The highest BCUT2D eigenvalue weighted by Gasteiger charge is 2.18. The molecular formula is C26H22ClN5O. The van der Waals surface area contributed by atoms with Crippen LogP contribution >= 0.6 is 11.6 Å². The van der Waals surface area contributed by atoms with Crippen molar-refractivity contribution in [3.05, 3.63) is 107 Å². The maximum Gasteiger partial charge on any atom is 0.291 e. The summed E-state index contributed by atoms with van der Waals surface area (Å²) >= 11 is 6.24. The molecule has 0 atom stereocenters. The Morgan fingerprint density at radius 2 is 1.82 bits per heavy atom. The number of fused-ring (bicyclic) bond motifs is 1. The van der Waals surface area contributed by atoms with Crippen molar-refractivity contribution in [2.45, 2.75) is 19.9 Å². The van der Waals surface area contributed by atoms with Gasteiger partial charge in [0.25, 0.3) is 5.91 Å². The van der Waals surface area contributed by atoms with Crippen molar-refractivity contribution in [3.8, 4) is 5.69 Å². The van der Waals surface area contributed by atoms with E-state index in [1.165, 1.54) is 0 Å². The molecule has 164 valence electrons. The number of hydrogen-bond acceptors (Lipinski definition) is 3. The van der Waals surface area contributed by atoms with Crippen molar-refractivity contribution in [2.75, 3.05) is 5.32 Å². The summed E-state index contributed by atoms with van der Waals surface area (Å²) in [6.45, 7) is 2.59. The summed E-state index contributed by atoms with van der Waals surface area (Å²) < 4.78 is 3.94. The van der Waals surface area contributed by atoms with E-state index in [0.29, 0.717) is 23.1 Å². The Balaban J connectivity index is 1.45. The van der Waals surface area contributed by atoms with Gasteiger partial charge in [-0.2, -0.15) is 0 Å². The van der Waals surface area contributed by atoms with Gasteiger partial charge in [-0.25, -0.2) is 9.97 Å². The highest BCUT2D eigenvalue weighted by Crippen LogP contribution is 2.23. The fraction of sp³-hybridized carbons (Fsp3) is 0.115. The summed E-state index contributed by atoms with van der Waals surface area (Å²) in [6.07, 6.45) is 4.56. The van der Waals surface area contributed by atoms with E-state index in [1.807, 2.05) is 82.1 Å². The molecule has 6 nitrogen and oxygen atoms in total. The van der Waals surface area contributed by atoms with Crippen LogP contribution in [0.1, 0.15) is 28.9 Å². The lowest BCUT2D eigenvalue weighted by Gasteiger charge is -2.11. The standard InChI is InChI=1S/C26H22ClN5O/c1-2-24-28-14-15-31(24)21-11-9-20(10-12-21)29-26(33)25-30-22-13-8-19(27)16-23(22)32(25)17-18-6-4-3-5-7-18/h3-16H,2,17H2,1H3,(H,29,33). The van der Waals surface area contributed by atoms with Crippen molar-refractivity contribution >= 4 is 34.2 Å². The zero-order chi connectivity index (χ0) is 22.8. The molecule has 2 aromatic heterocycles. The Hall–Kier alpha value is -3.90. The Morgan fingerprint density at radius 1 is 1.03 bits per heavy atom. The molecule has 0 aliphatic rings. The third-order valence-electron chi connectivity index (χ3n) is 5.53. The predicted octanol–water partition coefficient (Wildman–Crippen LogP) is 5.74. The van der Waals surface area contributed by atoms with Gasteiger partial charge in [0, 0.05) is 41.8 Å². The number of nitrogens with one attached hydrogen (secondary N) is 1. The number of imidazole rings is 2. The molecule has 0 bridgehead atoms. The highest BCUT2D eigenvalue weighted by molar-refractivity contribution is 6.31. The molecule has 33 heavy (non-hydrogen) atoms. The summed E-state index contributed by atoms with van der Waals surface area (Å²) in [5.41, 5.74) is 4.30. The number of aromatic nitrogens is 4. The molecule has 1 N–H and O–H groups in total. The first-order valence-electron chi connectivity index (χ1n) is 10.8. The predicted molar refractivity (Wildman–Crippen MR) is 131 cm³/mol. The minimum Gasteiger partial charge on any atom is -0.319 e. The number of anilines is 1. The van der Waals surface area contributed by atoms with Crippen LogP contribution in [0, 0.1) is 0 Å². The van der Waals surface area contributed by atoms with Crippen LogP contribution in [0.5, 0.6) is 0 Å². The molecule has 2 heterocycles. The van der Waals surface area contributed by atoms with Crippen molar-refractivity contribution < 1.29 is 4.79 Å². The molecule has 0 spiro atoms. The van der Waals surface area contributed by atoms with Gasteiger partial charge in [-0.15, -0.1) is 0 Å². The Bertz CT molecular complexity index is 1420. The van der Waals surface area contributed by atoms with Gasteiger partial charge in [-0.3, -0.25) is 4.79 Å². The molecule has 0 aliphatic heterocycles.